The first-order chi connectivity index (χ1) is 16.5. The zero-order valence-electron chi connectivity index (χ0n) is 19.6. The summed E-state index contributed by atoms with van der Waals surface area (Å²) < 4.78 is 10.3. The lowest BCUT2D eigenvalue weighted by atomic mass is 10.1. The van der Waals surface area contributed by atoms with Crippen molar-refractivity contribution in [1.29, 1.82) is 0 Å². The van der Waals surface area contributed by atoms with Gasteiger partial charge in [0.2, 0.25) is 0 Å². The summed E-state index contributed by atoms with van der Waals surface area (Å²) in [4.78, 5) is 12.4. The van der Waals surface area contributed by atoms with Crippen LogP contribution in [-0.4, -0.2) is 20.1 Å². The monoisotopic (exact) mass is 458 g/mol. The molecule has 0 aliphatic heterocycles. The number of hydrogen-bond acceptors (Lipinski definition) is 6. The minimum absolute atomic E-state index is 0.231. The Morgan fingerprint density at radius 2 is 1.41 bits per heavy atom. The molecule has 7 nitrogen and oxygen atoms in total. The minimum atomic E-state index is -0.231. The van der Waals surface area contributed by atoms with Crippen LogP contribution in [0.15, 0.2) is 90.8 Å². The molecule has 176 valence electrons. The average molecular weight is 459 g/mol. The van der Waals surface area contributed by atoms with Crippen LogP contribution in [0.3, 0.4) is 0 Å². The number of methoxy groups -OCH3 is 2. The highest BCUT2D eigenvalue weighted by molar-refractivity contribution is 5.94. The second kappa shape index (κ2) is 12.0. The van der Waals surface area contributed by atoms with Gasteiger partial charge in [-0.1, -0.05) is 30.8 Å². The molecule has 0 spiro atoms. The molecule has 3 aromatic carbocycles. The van der Waals surface area contributed by atoms with Gasteiger partial charge in [0.25, 0.3) is 5.91 Å². The highest BCUT2D eigenvalue weighted by atomic mass is 16.5. The maximum atomic E-state index is 12.4. The van der Waals surface area contributed by atoms with Gasteiger partial charge < -0.3 is 25.8 Å². The third-order valence-corrected chi connectivity index (χ3v) is 4.98. The number of hydrazine groups is 2. The van der Waals surface area contributed by atoms with Crippen molar-refractivity contribution in [3.05, 3.63) is 107 Å². The number of anilines is 1. The van der Waals surface area contributed by atoms with Gasteiger partial charge in [0.1, 0.15) is 11.5 Å². The minimum Gasteiger partial charge on any atom is -0.497 e. The lowest BCUT2D eigenvalue weighted by Crippen LogP contribution is -2.35. The molecule has 0 heterocycles. The first kappa shape index (κ1) is 24.3. The summed E-state index contributed by atoms with van der Waals surface area (Å²) in [7, 11) is 3.28. The van der Waals surface area contributed by atoms with E-state index in [4.69, 9.17) is 9.47 Å². The highest BCUT2D eigenvalue weighted by Crippen LogP contribution is 2.15. The van der Waals surface area contributed by atoms with E-state index >= 15 is 0 Å². The molecule has 4 N–H and O–H groups in total. The molecule has 0 radical (unpaired) electrons. The number of ether oxygens (including phenoxy) is 2. The Morgan fingerprint density at radius 3 is 2.00 bits per heavy atom. The van der Waals surface area contributed by atoms with Crippen LogP contribution in [0.2, 0.25) is 0 Å². The number of rotatable bonds is 11. The quantitative estimate of drug-likeness (QED) is 0.313. The predicted molar refractivity (Wildman–Crippen MR) is 136 cm³/mol. The molecule has 0 atom stereocenters. The van der Waals surface area contributed by atoms with Gasteiger partial charge in [-0.05, 0) is 72.7 Å². The molecule has 1 amide bonds. The van der Waals surface area contributed by atoms with Crippen LogP contribution < -0.4 is 31.2 Å². The molecule has 0 saturated heterocycles. The summed E-state index contributed by atoms with van der Waals surface area (Å²) in [6.07, 6.45) is 2.60. The molecule has 0 unspecified atom stereocenters. The fourth-order valence-electron chi connectivity index (χ4n) is 3.11. The number of amides is 1. The largest absolute Gasteiger partial charge is 0.497 e. The lowest BCUT2D eigenvalue weighted by molar-refractivity contribution is 0.0939. The third-order valence-electron chi connectivity index (χ3n) is 4.98. The Labute approximate surface area is 200 Å². The van der Waals surface area contributed by atoms with E-state index in [-0.39, 0.29) is 5.91 Å². The van der Waals surface area contributed by atoms with Crippen LogP contribution in [0.5, 0.6) is 11.5 Å². The fourth-order valence-corrected chi connectivity index (χ4v) is 3.11. The molecule has 0 saturated carbocycles. The van der Waals surface area contributed by atoms with Crippen molar-refractivity contribution >= 4 is 17.7 Å². The van der Waals surface area contributed by atoms with Crippen molar-refractivity contribution in [2.45, 2.75) is 13.3 Å². The predicted octanol–water partition coefficient (Wildman–Crippen LogP) is 4.67. The van der Waals surface area contributed by atoms with Gasteiger partial charge >= 0.3 is 0 Å². The Hall–Kier alpha value is -4.39. The van der Waals surface area contributed by atoms with Gasteiger partial charge in [0, 0.05) is 23.4 Å². The standard InChI is InChI=1S/C27H30N4O3/c1-19(17-21-5-13-25(33-3)14-6-21)28-30-24-11-9-23(10-12-24)27(32)31-29-20(2)18-22-7-15-26(34-4)16-8-22/h5-16,18,28-30H,1,17H2,2-4H3,(H,31,32)/b20-18-. The van der Waals surface area contributed by atoms with Crippen LogP contribution in [0.4, 0.5) is 5.69 Å². The molecule has 0 bridgehead atoms. The van der Waals surface area contributed by atoms with E-state index in [9.17, 15) is 4.79 Å². The van der Waals surface area contributed by atoms with Gasteiger partial charge in [-0.3, -0.25) is 10.2 Å². The molecule has 0 fully saturated rings. The summed E-state index contributed by atoms with van der Waals surface area (Å²) in [5.74, 6) is 1.39. The second-order valence-corrected chi connectivity index (χ2v) is 7.64. The topological polar surface area (TPSA) is 83.7 Å². The fraction of sp³-hybridized carbons (Fsp3) is 0.148. The molecule has 0 aliphatic rings. The van der Waals surface area contributed by atoms with Crippen LogP contribution >= 0.6 is 0 Å². The van der Waals surface area contributed by atoms with E-state index in [0.29, 0.717) is 12.0 Å². The molecule has 0 aromatic heterocycles. The summed E-state index contributed by atoms with van der Waals surface area (Å²) in [5, 5.41) is 0. The third kappa shape index (κ3) is 7.34. The van der Waals surface area contributed by atoms with Gasteiger partial charge in [-0.25, -0.2) is 0 Å². The smallest absolute Gasteiger partial charge is 0.269 e. The van der Waals surface area contributed by atoms with E-state index in [1.54, 1.807) is 26.4 Å². The highest BCUT2D eigenvalue weighted by Gasteiger charge is 2.05. The van der Waals surface area contributed by atoms with Gasteiger partial charge in [-0.2, -0.15) is 0 Å². The van der Waals surface area contributed by atoms with Crippen molar-refractivity contribution in [2.24, 2.45) is 0 Å². The second-order valence-electron chi connectivity index (χ2n) is 7.64. The van der Waals surface area contributed by atoms with E-state index in [1.807, 2.05) is 73.7 Å². The summed E-state index contributed by atoms with van der Waals surface area (Å²) in [5.41, 5.74) is 16.9. The van der Waals surface area contributed by atoms with Crippen molar-refractivity contribution < 1.29 is 14.3 Å². The normalized spacial score (nSPS) is 10.7. The maximum Gasteiger partial charge on any atom is 0.269 e. The van der Waals surface area contributed by atoms with Crippen LogP contribution in [0.25, 0.3) is 6.08 Å². The zero-order valence-corrected chi connectivity index (χ0v) is 19.6. The zero-order chi connectivity index (χ0) is 24.3. The summed E-state index contributed by atoms with van der Waals surface area (Å²) in [6.45, 7) is 5.92. The number of carbonyl (C=O) groups excluding carboxylic acids is 1. The van der Waals surface area contributed by atoms with E-state index < -0.39 is 0 Å². The Bertz CT molecular complexity index is 1120. The number of allylic oxidation sites excluding steroid dienone is 2. The van der Waals surface area contributed by atoms with Gasteiger partial charge in [0.15, 0.2) is 0 Å². The maximum absolute atomic E-state index is 12.4. The van der Waals surface area contributed by atoms with Gasteiger partial charge in [-0.15, -0.1) is 0 Å². The molecule has 3 rings (SSSR count). The van der Waals surface area contributed by atoms with Crippen LogP contribution in [0.1, 0.15) is 28.4 Å². The van der Waals surface area contributed by atoms with E-state index in [0.717, 1.165) is 39.7 Å². The van der Waals surface area contributed by atoms with Crippen molar-refractivity contribution in [3.8, 4) is 11.5 Å². The summed E-state index contributed by atoms with van der Waals surface area (Å²) >= 11 is 0. The number of benzene rings is 3. The van der Waals surface area contributed by atoms with Crippen LogP contribution in [-0.2, 0) is 6.42 Å². The van der Waals surface area contributed by atoms with E-state index in [1.165, 1.54) is 0 Å². The average Bonchev–Trinajstić information content (AvgIpc) is 2.87. The number of nitrogens with one attached hydrogen (secondary N) is 4. The number of carbonyl (C=O) groups is 1. The van der Waals surface area contributed by atoms with Crippen molar-refractivity contribution in [3.63, 3.8) is 0 Å². The number of hydrogen-bond donors (Lipinski definition) is 4. The first-order valence-corrected chi connectivity index (χ1v) is 10.8. The molecule has 34 heavy (non-hydrogen) atoms. The van der Waals surface area contributed by atoms with E-state index in [2.05, 4.69) is 28.3 Å². The molecule has 7 heteroatoms. The molecular weight excluding hydrogens is 428 g/mol. The molecule has 3 aromatic rings. The van der Waals surface area contributed by atoms with Gasteiger partial charge in [0.05, 0.1) is 19.9 Å². The van der Waals surface area contributed by atoms with Crippen LogP contribution in [0, 0.1) is 0 Å². The lowest BCUT2D eigenvalue weighted by Gasteiger charge is -2.13. The Morgan fingerprint density at radius 1 is 0.824 bits per heavy atom. The molecular formula is C27H30N4O3. The van der Waals surface area contributed by atoms with Crippen molar-refractivity contribution in [2.75, 3.05) is 19.6 Å². The SMILES string of the molecule is C=C(Cc1ccc(OC)cc1)NNc1ccc(C(=O)NN/C(C)=C\c2ccc(OC)cc2)cc1. The Balaban J connectivity index is 1.44. The first-order valence-electron chi connectivity index (χ1n) is 10.8. The summed E-state index contributed by atoms with van der Waals surface area (Å²) in [6, 6.07) is 22.6. The van der Waals surface area contributed by atoms with Crippen molar-refractivity contribution in [1.82, 2.24) is 16.3 Å². The Kier molecular flexibility index (Phi) is 8.57. The molecule has 0 aliphatic carbocycles.